The molecule has 3 heterocycles. The third kappa shape index (κ3) is 5.58. The van der Waals surface area contributed by atoms with E-state index in [-0.39, 0.29) is 6.04 Å². The van der Waals surface area contributed by atoms with Gasteiger partial charge in [0.2, 0.25) is 10.0 Å². The van der Waals surface area contributed by atoms with Crippen LogP contribution in [0.1, 0.15) is 37.8 Å². The molecule has 0 N–H and O–H groups in total. The average molecular weight is 431 g/mol. The van der Waals surface area contributed by atoms with Crippen molar-refractivity contribution < 1.29 is 8.42 Å². The molecule has 4 rings (SSSR count). The van der Waals surface area contributed by atoms with Gasteiger partial charge in [0.25, 0.3) is 0 Å². The third-order valence-electron chi connectivity index (χ3n) is 6.44. The van der Waals surface area contributed by atoms with Gasteiger partial charge in [0.05, 0.1) is 17.5 Å². The van der Waals surface area contributed by atoms with E-state index in [1.165, 1.54) is 25.5 Å². The van der Waals surface area contributed by atoms with Gasteiger partial charge in [-0.3, -0.25) is 9.88 Å². The molecule has 0 aliphatic carbocycles. The monoisotopic (exact) mass is 430 g/mol. The highest BCUT2D eigenvalue weighted by molar-refractivity contribution is 7.88. The summed E-state index contributed by atoms with van der Waals surface area (Å²) in [6.45, 7) is 6.19. The summed E-state index contributed by atoms with van der Waals surface area (Å²) in [6.07, 6.45) is 7.09. The molecule has 6 nitrogen and oxygen atoms in total. The molecule has 164 valence electrons. The lowest BCUT2D eigenvalue weighted by molar-refractivity contribution is 0.129. The van der Waals surface area contributed by atoms with Crippen molar-refractivity contribution in [1.29, 1.82) is 0 Å². The topological polar surface area (TPSA) is 56.8 Å². The van der Waals surface area contributed by atoms with Crippen LogP contribution in [0.5, 0.6) is 0 Å². The molecule has 0 spiro atoms. The first kappa shape index (κ1) is 21.7. The first-order valence-corrected chi connectivity index (χ1v) is 13.1. The van der Waals surface area contributed by atoms with Gasteiger partial charge in [0.1, 0.15) is 0 Å². The lowest BCUT2D eigenvalue weighted by atomic mass is 10.1. The number of sulfonamides is 1. The lowest BCUT2D eigenvalue weighted by Crippen LogP contribution is -2.51. The highest BCUT2D eigenvalue weighted by Crippen LogP contribution is 2.21. The summed E-state index contributed by atoms with van der Waals surface area (Å²) in [4.78, 5) is 9.59. The summed E-state index contributed by atoms with van der Waals surface area (Å²) in [6, 6.07) is 12.4. The minimum Gasteiger partial charge on any atom is -0.302 e. The summed E-state index contributed by atoms with van der Waals surface area (Å²) in [5.74, 6) is 0. The van der Waals surface area contributed by atoms with Gasteiger partial charge in [-0.15, -0.1) is 0 Å². The molecule has 2 aliphatic rings. The zero-order valence-corrected chi connectivity index (χ0v) is 18.9. The van der Waals surface area contributed by atoms with Crippen LogP contribution in [0, 0.1) is 0 Å². The zero-order chi connectivity index (χ0) is 21.0. The average Bonchev–Trinajstić information content (AvgIpc) is 2.74. The van der Waals surface area contributed by atoms with Crippen LogP contribution >= 0.6 is 0 Å². The molecule has 0 bridgehead atoms. The Balaban J connectivity index is 1.40. The molecule has 2 aliphatic heterocycles. The Morgan fingerprint density at radius 2 is 1.77 bits per heavy atom. The minimum absolute atomic E-state index is 0.0546. The second kappa shape index (κ2) is 9.73. The van der Waals surface area contributed by atoms with E-state index in [9.17, 15) is 8.42 Å². The van der Waals surface area contributed by atoms with Crippen LogP contribution in [0.15, 0.2) is 36.4 Å². The van der Waals surface area contributed by atoms with Crippen molar-refractivity contribution in [1.82, 2.24) is 19.1 Å². The van der Waals surface area contributed by atoms with Gasteiger partial charge in [-0.1, -0.05) is 30.7 Å². The van der Waals surface area contributed by atoms with E-state index in [0.29, 0.717) is 6.54 Å². The van der Waals surface area contributed by atoms with Crippen LogP contribution in [0.25, 0.3) is 10.9 Å². The predicted molar refractivity (Wildman–Crippen MR) is 122 cm³/mol. The number of rotatable bonds is 7. The van der Waals surface area contributed by atoms with Crippen molar-refractivity contribution in [3.63, 3.8) is 0 Å². The van der Waals surface area contributed by atoms with E-state index in [0.717, 1.165) is 68.7 Å². The van der Waals surface area contributed by atoms with Crippen LogP contribution in [-0.4, -0.2) is 79.1 Å². The van der Waals surface area contributed by atoms with Crippen molar-refractivity contribution in [3.8, 4) is 0 Å². The van der Waals surface area contributed by atoms with Gasteiger partial charge in [-0.25, -0.2) is 8.42 Å². The second-order valence-corrected chi connectivity index (χ2v) is 10.7. The third-order valence-corrected chi connectivity index (χ3v) is 7.77. The summed E-state index contributed by atoms with van der Waals surface area (Å²) in [5.41, 5.74) is 2.07. The summed E-state index contributed by atoms with van der Waals surface area (Å²) >= 11 is 0. The largest absolute Gasteiger partial charge is 0.302 e. The number of piperidine rings is 2. The number of hydrogen-bond acceptors (Lipinski definition) is 5. The summed E-state index contributed by atoms with van der Waals surface area (Å²) in [5, 5.41) is 1.15. The molecular formula is C23H34N4O2S. The number of aromatic nitrogens is 1. The number of benzene rings is 1. The van der Waals surface area contributed by atoms with Gasteiger partial charge >= 0.3 is 0 Å². The molecule has 30 heavy (non-hydrogen) atoms. The molecule has 1 atom stereocenters. The normalized spacial score (nSPS) is 22.0. The van der Waals surface area contributed by atoms with Gasteiger partial charge < -0.3 is 4.90 Å². The number of hydrogen-bond donors (Lipinski definition) is 0. The highest BCUT2D eigenvalue weighted by Gasteiger charge is 2.31. The van der Waals surface area contributed by atoms with Crippen molar-refractivity contribution in [2.45, 2.75) is 44.7 Å². The van der Waals surface area contributed by atoms with E-state index in [2.05, 4.69) is 28.0 Å². The van der Waals surface area contributed by atoms with E-state index in [1.54, 1.807) is 4.31 Å². The minimum atomic E-state index is -3.23. The number of nitrogens with zero attached hydrogens (tertiary/aromatic N) is 4. The van der Waals surface area contributed by atoms with Crippen molar-refractivity contribution in [3.05, 3.63) is 42.1 Å². The molecule has 1 aromatic heterocycles. The lowest BCUT2D eigenvalue weighted by Gasteiger charge is -2.39. The predicted octanol–water partition coefficient (Wildman–Crippen LogP) is 2.95. The van der Waals surface area contributed by atoms with Crippen LogP contribution in [0.2, 0.25) is 0 Å². The maximum absolute atomic E-state index is 12.6. The fourth-order valence-electron chi connectivity index (χ4n) is 4.88. The van der Waals surface area contributed by atoms with Crippen LogP contribution < -0.4 is 0 Å². The number of para-hydroxylation sites is 1. The van der Waals surface area contributed by atoms with Crippen LogP contribution in [-0.2, 0) is 16.6 Å². The van der Waals surface area contributed by atoms with Gasteiger partial charge in [0.15, 0.2) is 0 Å². The van der Waals surface area contributed by atoms with E-state index >= 15 is 0 Å². The van der Waals surface area contributed by atoms with Crippen LogP contribution in [0.4, 0.5) is 0 Å². The van der Waals surface area contributed by atoms with Crippen molar-refractivity contribution in [2.24, 2.45) is 0 Å². The number of fused-ring (bicyclic) bond motifs is 1. The molecule has 2 saturated heterocycles. The molecule has 7 heteroatoms. The summed E-state index contributed by atoms with van der Waals surface area (Å²) in [7, 11) is -3.23. The number of pyridine rings is 1. The van der Waals surface area contributed by atoms with Crippen molar-refractivity contribution in [2.75, 3.05) is 45.5 Å². The van der Waals surface area contributed by atoms with Gasteiger partial charge in [-0.05, 0) is 57.5 Å². The molecule has 0 radical (unpaired) electrons. The Morgan fingerprint density at radius 3 is 2.57 bits per heavy atom. The molecular weight excluding hydrogens is 396 g/mol. The zero-order valence-electron chi connectivity index (χ0n) is 18.0. The van der Waals surface area contributed by atoms with E-state index < -0.39 is 10.0 Å². The van der Waals surface area contributed by atoms with E-state index in [1.807, 2.05) is 18.2 Å². The Bertz CT molecular complexity index is 943. The molecule has 2 aromatic rings. The molecule has 1 unspecified atom stereocenters. The maximum Gasteiger partial charge on any atom is 0.211 e. The SMILES string of the molecule is CS(=O)(=O)N(CCN1CCCCC1)C1CCCN(Cc2ccc3ccccc3n2)C1. The Hall–Kier alpha value is -1.54. The molecule has 0 amide bonds. The van der Waals surface area contributed by atoms with Crippen LogP contribution in [0.3, 0.4) is 0 Å². The van der Waals surface area contributed by atoms with E-state index in [4.69, 9.17) is 4.98 Å². The Morgan fingerprint density at radius 1 is 1.00 bits per heavy atom. The van der Waals surface area contributed by atoms with Crippen molar-refractivity contribution >= 4 is 20.9 Å². The number of likely N-dealkylation sites (tertiary alicyclic amines) is 2. The fraction of sp³-hybridized carbons (Fsp3) is 0.609. The molecule has 1 aromatic carbocycles. The Kier molecular flexibility index (Phi) is 7.03. The van der Waals surface area contributed by atoms with Gasteiger partial charge in [0, 0.05) is 37.6 Å². The first-order valence-electron chi connectivity index (χ1n) is 11.3. The molecule has 0 saturated carbocycles. The quantitative estimate of drug-likeness (QED) is 0.676. The first-order chi connectivity index (χ1) is 14.5. The standard InChI is InChI=1S/C23H34N4O2S/c1-30(28,29)27(17-16-25-13-5-2-6-14-25)22-9-7-15-26(19-22)18-21-12-11-20-8-3-4-10-23(20)24-21/h3-4,8,10-12,22H,2,5-7,9,13-19H2,1H3. The maximum atomic E-state index is 12.6. The smallest absolute Gasteiger partial charge is 0.211 e. The summed E-state index contributed by atoms with van der Waals surface area (Å²) < 4.78 is 26.9. The van der Waals surface area contributed by atoms with Gasteiger partial charge in [-0.2, -0.15) is 4.31 Å². The highest BCUT2D eigenvalue weighted by atomic mass is 32.2. The second-order valence-electron chi connectivity index (χ2n) is 8.80. The molecule has 2 fully saturated rings. The Labute approximate surface area is 180 Å². The fourth-order valence-corrected chi connectivity index (χ4v) is 6.00.